The maximum Gasteiger partial charge on any atom is 0.243 e. The van der Waals surface area contributed by atoms with E-state index in [4.69, 9.17) is 9.26 Å². The second kappa shape index (κ2) is 7.06. The normalized spacial score (nSPS) is 25.5. The Morgan fingerprint density at radius 2 is 2.18 bits per heavy atom. The molecule has 1 aliphatic heterocycles. The molecule has 1 aromatic rings. The average molecular weight is 308 g/mol. The quantitative estimate of drug-likeness (QED) is 0.719. The van der Waals surface area contributed by atoms with E-state index in [1.807, 2.05) is 6.92 Å². The van der Waals surface area contributed by atoms with Crippen LogP contribution in [-0.4, -0.2) is 65.4 Å². The Morgan fingerprint density at radius 1 is 1.36 bits per heavy atom. The lowest BCUT2D eigenvalue weighted by Gasteiger charge is -2.41. The topological polar surface area (TPSA) is 54.6 Å². The van der Waals surface area contributed by atoms with Crippen LogP contribution in [0.3, 0.4) is 0 Å². The Hall–Kier alpha value is -0.980. The van der Waals surface area contributed by atoms with Crippen molar-refractivity contribution < 1.29 is 9.26 Å². The number of hydrogen-bond acceptors (Lipinski definition) is 6. The van der Waals surface area contributed by atoms with Crippen LogP contribution in [0.2, 0.25) is 0 Å². The molecular formula is C16H28N4O2. The highest BCUT2D eigenvalue weighted by Crippen LogP contribution is 2.38. The Morgan fingerprint density at radius 3 is 2.86 bits per heavy atom. The first kappa shape index (κ1) is 15.9. The largest absolute Gasteiger partial charge is 0.380 e. The van der Waals surface area contributed by atoms with Crippen molar-refractivity contribution in [1.29, 1.82) is 0 Å². The fourth-order valence-corrected chi connectivity index (χ4v) is 3.11. The maximum absolute atomic E-state index is 5.49. The Kier molecular flexibility index (Phi) is 5.10. The van der Waals surface area contributed by atoms with Crippen LogP contribution in [-0.2, 0) is 4.74 Å². The van der Waals surface area contributed by atoms with E-state index >= 15 is 0 Å². The van der Waals surface area contributed by atoms with Gasteiger partial charge in [-0.3, -0.25) is 9.80 Å². The molecule has 0 N–H and O–H groups in total. The van der Waals surface area contributed by atoms with Gasteiger partial charge < -0.3 is 9.26 Å². The molecule has 1 aliphatic carbocycles. The molecular weight excluding hydrogens is 280 g/mol. The van der Waals surface area contributed by atoms with E-state index in [1.54, 1.807) is 0 Å². The van der Waals surface area contributed by atoms with Gasteiger partial charge in [0.05, 0.1) is 12.6 Å². The van der Waals surface area contributed by atoms with Crippen molar-refractivity contribution in [2.24, 2.45) is 0 Å². The van der Waals surface area contributed by atoms with Crippen LogP contribution in [0.4, 0.5) is 0 Å². The SMILES string of the molecule is CCOCCN1CCN([C@@H](C)c2nc(C3CC3)no2)C[C@H]1C. The van der Waals surface area contributed by atoms with Gasteiger partial charge in [-0.1, -0.05) is 5.16 Å². The smallest absolute Gasteiger partial charge is 0.243 e. The molecule has 2 atom stereocenters. The van der Waals surface area contributed by atoms with Crippen molar-refractivity contribution in [3.05, 3.63) is 11.7 Å². The van der Waals surface area contributed by atoms with Crippen LogP contribution in [0.5, 0.6) is 0 Å². The van der Waals surface area contributed by atoms with Gasteiger partial charge in [0.1, 0.15) is 0 Å². The van der Waals surface area contributed by atoms with Crippen LogP contribution in [0.1, 0.15) is 57.3 Å². The van der Waals surface area contributed by atoms with Gasteiger partial charge in [-0.25, -0.2) is 0 Å². The van der Waals surface area contributed by atoms with E-state index in [1.165, 1.54) is 12.8 Å². The average Bonchev–Trinajstić information content (AvgIpc) is 3.26. The van der Waals surface area contributed by atoms with Gasteiger partial charge in [-0.2, -0.15) is 4.98 Å². The van der Waals surface area contributed by atoms with Crippen LogP contribution in [0.25, 0.3) is 0 Å². The molecule has 124 valence electrons. The highest BCUT2D eigenvalue weighted by Gasteiger charge is 2.32. The monoisotopic (exact) mass is 308 g/mol. The summed E-state index contributed by atoms with van der Waals surface area (Å²) < 4.78 is 11.0. The molecule has 6 nitrogen and oxygen atoms in total. The molecule has 2 heterocycles. The second-order valence-corrected chi connectivity index (χ2v) is 6.52. The van der Waals surface area contributed by atoms with Gasteiger partial charge >= 0.3 is 0 Å². The number of hydrogen-bond donors (Lipinski definition) is 0. The summed E-state index contributed by atoms with van der Waals surface area (Å²) in [5.41, 5.74) is 0. The third-order valence-electron chi connectivity index (χ3n) is 4.83. The summed E-state index contributed by atoms with van der Waals surface area (Å²) >= 11 is 0. The van der Waals surface area contributed by atoms with Crippen LogP contribution >= 0.6 is 0 Å². The van der Waals surface area contributed by atoms with Gasteiger partial charge in [0, 0.05) is 44.7 Å². The van der Waals surface area contributed by atoms with Gasteiger partial charge in [0.15, 0.2) is 5.82 Å². The summed E-state index contributed by atoms with van der Waals surface area (Å²) in [5.74, 6) is 2.24. The first-order valence-corrected chi connectivity index (χ1v) is 8.58. The molecule has 2 fully saturated rings. The Balaban J connectivity index is 1.52. The number of aromatic nitrogens is 2. The fraction of sp³-hybridized carbons (Fsp3) is 0.875. The van der Waals surface area contributed by atoms with Crippen molar-refractivity contribution in [2.75, 3.05) is 39.4 Å². The Labute approximate surface area is 132 Å². The first-order chi connectivity index (χ1) is 10.7. The predicted molar refractivity (Wildman–Crippen MR) is 83.8 cm³/mol. The third kappa shape index (κ3) is 3.67. The van der Waals surface area contributed by atoms with E-state index in [2.05, 4.69) is 33.8 Å². The van der Waals surface area contributed by atoms with Crippen molar-refractivity contribution in [3.8, 4) is 0 Å². The van der Waals surface area contributed by atoms with Crippen LogP contribution in [0, 0.1) is 0 Å². The summed E-state index contributed by atoms with van der Waals surface area (Å²) in [4.78, 5) is 9.55. The number of ether oxygens (including phenoxy) is 1. The first-order valence-electron chi connectivity index (χ1n) is 8.58. The molecule has 1 saturated heterocycles. The van der Waals surface area contributed by atoms with E-state index in [0.717, 1.165) is 51.1 Å². The van der Waals surface area contributed by atoms with Gasteiger partial charge in [-0.15, -0.1) is 0 Å². The van der Waals surface area contributed by atoms with Crippen LogP contribution in [0.15, 0.2) is 4.52 Å². The number of piperazine rings is 1. The maximum atomic E-state index is 5.49. The third-order valence-corrected chi connectivity index (χ3v) is 4.83. The standard InChI is InChI=1S/C16H28N4O2/c1-4-21-10-9-19-7-8-20(11-12(19)2)13(3)16-17-15(18-22-16)14-5-6-14/h12-14H,4-11H2,1-3H3/t12-,13+/m1/s1. The van der Waals surface area contributed by atoms with E-state index < -0.39 is 0 Å². The van der Waals surface area contributed by atoms with Crippen molar-refractivity contribution in [1.82, 2.24) is 19.9 Å². The minimum atomic E-state index is 0.205. The number of rotatable bonds is 7. The van der Waals surface area contributed by atoms with Crippen molar-refractivity contribution >= 4 is 0 Å². The molecule has 0 amide bonds. The zero-order valence-electron chi connectivity index (χ0n) is 14.0. The molecule has 0 radical (unpaired) electrons. The predicted octanol–water partition coefficient (Wildman–Crippen LogP) is 2.05. The molecule has 0 aromatic carbocycles. The molecule has 1 aromatic heterocycles. The summed E-state index contributed by atoms with van der Waals surface area (Å²) in [6.45, 7) is 12.3. The number of nitrogens with zero attached hydrogens (tertiary/aromatic N) is 4. The summed E-state index contributed by atoms with van der Waals surface area (Å²) in [6, 6.07) is 0.735. The minimum Gasteiger partial charge on any atom is -0.380 e. The van der Waals surface area contributed by atoms with E-state index in [9.17, 15) is 0 Å². The zero-order chi connectivity index (χ0) is 15.5. The minimum absolute atomic E-state index is 0.205. The fourth-order valence-electron chi connectivity index (χ4n) is 3.11. The molecule has 0 bridgehead atoms. The summed E-state index contributed by atoms with van der Waals surface area (Å²) in [5, 5.41) is 4.14. The Bertz CT molecular complexity index is 474. The highest BCUT2D eigenvalue weighted by atomic mass is 16.5. The summed E-state index contributed by atoms with van der Waals surface area (Å²) in [6.07, 6.45) is 2.42. The molecule has 22 heavy (non-hydrogen) atoms. The highest BCUT2D eigenvalue weighted by molar-refractivity contribution is 5.05. The van der Waals surface area contributed by atoms with E-state index in [-0.39, 0.29) is 6.04 Å². The van der Waals surface area contributed by atoms with Crippen molar-refractivity contribution in [2.45, 2.75) is 51.6 Å². The molecule has 2 aliphatic rings. The molecule has 0 unspecified atom stereocenters. The van der Waals surface area contributed by atoms with E-state index in [0.29, 0.717) is 12.0 Å². The molecule has 1 saturated carbocycles. The molecule has 6 heteroatoms. The van der Waals surface area contributed by atoms with Gasteiger partial charge in [-0.05, 0) is 33.6 Å². The van der Waals surface area contributed by atoms with Gasteiger partial charge in [0.2, 0.25) is 5.89 Å². The second-order valence-electron chi connectivity index (χ2n) is 6.52. The lowest BCUT2D eigenvalue weighted by molar-refractivity contribution is 0.0290. The molecule has 0 spiro atoms. The van der Waals surface area contributed by atoms with Gasteiger partial charge in [0.25, 0.3) is 0 Å². The summed E-state index contributed by atoms with van der Waals surface area (Å²) in [7, 11) is 0. The molecule has 3 rings (SSSR count). The lowest BCUT2D eigenvalue weighted by Crippen LogP contribution is -2.53. The van der Waals surface area contributed by atoms with Crippen molar-refractivity contribution in [3.63, 3.8) is 0 Å². The van der Waals surface area contributed by atoms with Crippen LogP contribution < -0.4 is 0 Å². The zero-order valence-corrected chi connectivity index (χ0v) is 14.0. The lowest BCUT2D eigenvalue weighted by atomic mass is 10.1.